The number of aryl methyl sites for hydroxylation is 2. The first-order chi connectivity index (χ1) is 12.8. The van der Waals surface area contributed by atoms with Crippen LogP contribution in [-0.4, -0.2) is 14.9 Å². The molecule has 8 heteroatoms. The number of hydrogen-bond acceptors (Lipinski definition) is 2. The monoisotopic (exact) mass is 422 g/mol. The highest BCUT2D eigenvalue weighted by Gasteiger charge is 2.13. The molecule has 140 valence electrons. The van der Waals surface area contributed by atoms with Crippen molar-refractivity contribution in [2.24, 2.45) is 0 Å². The average molecular weight is 423 g/mol. The fourth-order valence-electron chi connectivity index (χ4n) is 2.72. The summed E-state index contributed by atoms with van der Waals surface area (Å²) in [5.74, 6) is -0.0124. The Bertz CT molecular complexity index is 963. The molecule has 1 aromatic heterocycles. The molecule has 0 saturated heterocycles. The summed E-state index contributed by atoms with van der Waals surface area (Å²) in [6.45, 7) is 4.19. The van der Waals surface area contributed by atoms with Gasteiger partial charge in [0, 0.05) is 22.5 Å². The van der Waals surface area contributed by atoms with Gasteiger partial charge in [0.2, 0.25) is 0 Å². The molecule has 0 aliphatic heterocycles. The molecule has 0 aliphatic carbocycles. The molecule has 2 aromatic carbocycles. The molecule has 0 unspecified atom stereocenters. The Labute approximate surface area is 172 Å². The van der Waals surface area contributed by atoms with Crippen LogP contribution in [0.1, 0.15) is 16.7 Å². The molecule has 4 nitrogen and oxygen atoms in total. The summed E-state index contributed by atoms with van der Waals surface area (Å²) in [6.07, 6.45) is 1.59. The highest BCUT2D eigenvalue weighted by atomic mass is 35.5. The average Bonchev–Trinajstić information content (AvgIpc) is 2.89. The van der Waals surface area contributed by atoms with E-state index in [4.69, 9.17) is 35.4 Å². The van der Waals surface area contributed by atoms with Gasteiger partial charge < -0.3 is 10.6 Å². The van der Waals surface area contributed by atoms with Gasteiger partial charge in [-0.15, -0.1) is 0 Å². The van der Waals surface area contributed by atoms with E-state index in [0.29, 0.717) is 26.5 Å². The second kappa shape index (κ2) is 8.25. The maximum Gasteiger partial charge on any atom is 0.176 e. The van der Waals surface area contributed by atoms with Crippen molar-refractivity contribution in [1.82, 2.24) is 9.78 Å². The van der Waals surface area contributed by atoms with Crippen LogP contribution < -0.4 is 10.6 Å². The van der Waals surface area contributed by atoms with Gasteiger partial charge >= 0.3 is 0 Å². The molecule has 1 heterocycles. The maximum absolute atomic E-state index is 14.0. The van der Waals surface area contributed by atoms with Crippen molar-refractivity contribution in [3.05, 3.63) is 75.1 Å². The molecular weight excluding hydrogens is 406 g/mol. The maximum atomic E-state index is 14.0. The second-order valence-electron chi connectivity index (χ2n) is 6.18. The summed E-state index contributed by atoms with van der Waals surface area (Å²) >= 11 is 17.6. The van der Waals surface area contributed by atoms with Crippen molar-refractivity contribution in [3.63, 3.8) is 0 Å². The highest BCUT2D eigenvalue weighted by molar-refractivity contribution is 7.80. The van der Waals surface area contributed by atoms with Gasteiger partial charge in [-0.3, -0.25) is 4.68 Å². The number of benzene rings is 2. The molecule has 0 fully saturated rings. The van der Waals surface area contributed by atoms with Gasteiger partial charge in [-0.25, -0.2) is 4.39 Å². The molecule has 0 spiro atoms. The molecule has 0 bridgehead atoms. The molecule has 0 saturated carbocycles. The number of rotatable bonds is 4. The Morgan fingerprint density at radius 2 is 1.81 bits per heavy atom. The van der Waals surface area contributed by atoms with Crippen LogP contribution in [0.2, 0.25) is 10.0 Å². The number of halogens is 3. The van der Waals surface area contributed by atoms with Crippen LogP contribution in [0.5, 0.6) is 0 Å². The molecule has 0 amide bonds. The van der Waals surface area contributed by atoms with Crippen LogP contribution in [0.3, 0.4) is 0 Å². The summed E-state index contributed by atoms with van der Waals surface area (Å²) in [6, 6.07) is 10.6. The van der Waals surface area contributed by atoms with Gasteiger partial charge in [-0.2, -0.15) is 5.10 Å². The first kappa shape index (κ1) is 19.6. The molecule has 27 heavy (non-hydrogen) atoms. The van der Waals surface area contributed by atoms with Crippen LogP contribution in [0, 0.1) is 19.7 Å². The standard InChI is InChI=1S/C19H17Cl2FN4S/c1-11-6-12(2)8-13(7-11)23-19(27)24-18-16(21)10-26(25-18)9-14-15(20)4-3-5-17(14)22/h3-8,10H,9H2,1-2H3,(H2,23,24,25,27). The minimum Gasteiger partial charge on any atom is -0.332 e. The van der Waals surface area contributed by atoms with Crippen molar-refractivity contribution in [2.75, 3.05) is 10.6 Å². The second-order valence-corrected chi connectivity index (χ2v) is 7.40. The Hall–Kier alpha value is -2.15. The summed E-state index contributed by atoms with van der Waals surface area (Å²) in [4.78, 5) is 0. The number of anilines is 2. The fourth-order valence-corrected chi connectivity index (χ4v) is 3.36. The summed E-state index contributed by atoms with van der Waals surface area (Å²) in [5.41, 5.74) is 3.48. The quantitative estimate of drug-likeness (QED) is 0.521. The zero-order valence-electron chi connectivity index (χ0n) is 14.7. The normalized spacial score (nSPS) is 10.7. The third-order valence-electron chi connectivity index (χ3n) is 3.81. The van der Waals surface area contributed by atoms with E-state index >= 15 is 0 Å². The molecule has 3 rings (SSSR count). The number of nitrogens with zero attached hydrogens (tertiary/aromatic N) is 2. The lowest BCUT2D eigenvalue weighted by Gasteiger charge is -2.10. The summed E-state index contributed by atoms with van der Waals surface area (Å²) in [5, 5.41) is 11.5. The van der Waals surface area contributed by atoms with Crippen molar-refractivity contribution >= 4 is 52.0 Å². The zero-order valence-corrected chi connectivity index (χ0v) is 17.0. The van der Waals surface area contributed by atoms with E-state index in [2.05, 4.69) is 21.8 Å². The Kier molecular flexibility index (Phi) is 5.99. The van der Waals surface area contributed by atoms with Gasteiger partial charge in [-0.1, -0.05) is 35.3 Å². The van der Waals surface area contributed by atoms with Crippen LogP contribution >= 0.6 is 35.4 Å². The first-order valence-electron chi connectivity index (χ1n) is 8.14. The van der Waals surface area contributed by atoms with Gasteiger partial charge in [0.05, 0.1) is 6.54 Å². The van der Waals surface area contributed by atoms with E-state index in [1.165, 1.54) is 10.7 Å². The topological polar surface area (TPSA) is 41.9 Å². The lowest BCUT2D eigenvalue weighted by atomic mass is 10.1. The van der Waals surface area contributed by atoms with Crippen LogP contribution in [0.4, 0.5) is 15.9 Å². The third-order valence-corrected chi connectivity index (χ3v) is 4.65. The van der Waals surface area contributed by atoms with E-state index in [1.54, 1.807) is 18.3 Å². The molecule has 0 aliphatic rings. The van der Waals surface area contributed by atoms with E-state index in [0.717, 1.165) is 16.8 Å². The fraction of sp³-hybridized carbons (Fsp3) is 0.158. The van der Waals surface area contributed by atoms with Crippen molar-refractivity contribution in [3.8, 4) is 0 Å². The largest absolute Gasteiger partial charge is 0.332 e. The summed E-state index contributed by atoms with van der Waals surface area (Å²) in [7, 11) is 0. The van der Waals surface area contributed by atoms with Crippen molar-refractivity contribution in [2.45, 2.75) is 20.4 Å². The lowest BCUT2D eigenvalue weighted by molar-refractivity contribution is 0.586. The van der Waals surface area contributed by atoms with Crippen LogP contribution in [0.15, 0.2) is 42.6 Å². The van der Waals surface area contributed by atoms with Gasteiger partial charge in [0.1, 0.15) is 10.8 Å². The zero-order chi connectivity index (χ0) is 19.6. The molecule has 3 aromatic rings. The number of thiocarbonyl (C=S) groups is 1. The minimum absolute atomic E-state index is 0.157. The van der Waals surface area contributed by atoms with Gasteiger partial charge in [0.25, 0.3) is 0 Å². The summed E-state index contributed by atoms with van der Waals surface area (Å²) < 4.78 is 15.5. The van der Waals surface area contributed by atoms with E-state index in [9.17, 15) is 4.39 Å². The third kappa shape index (κ3) is 4.97. The van der Waals surface area contributed by atoms with Crippen LogP contribution in [0.25, 0.3) is 0 Å². The van der Waals surface area contributed by atoms with Crippen molar-refractivity contribution < 1.29 is 4.39 Å². The minimum atomic E-state index is -0.393. The Balaban J connectivity index is 1.72. The molecule has 2 N–H and O–H groups in total. The predicted molar refractivity (Wildman–Crippen MR) is 114 cm³/mol. The van der Waals surface area contributed by atoms with Gasteiger partial charge in [0.15, 0.2) is 10.9 Å². The predicted octanol–water partition coefficient (Wildman–Crippen LogP) is 5.80. The SMILES string of the molecule is Cc1cc(C)cc(NC(=S)Nc2nn(Cc3c(F)cccc3Cl)cc2Cl)c1. The van der Waals surface area contributed by atoms with E-state index in [-0.39, 0.29) is 6.54 Å². The Morgan fingerprint density at radius 3 is 2.48 bits per heavy atom. The number of nitrogens with one attached hydrogen (secondary N) is 2. The smallest absolute Gasteiger partial charge is 0.176 e. The molecule has 0 radical (unpaired) electrons. The van der Waals surface area contributed by atoms with Crippen LogP contribution in [-0.2, 0) is 6.54 Å². The number of hydrogen-bond donors (Lipinski definition) is 2. The van der Waals surface area contributed by atoms with Crippen molar-refractivity contribution in [1.29, 1.82) is 0 Å². The van der Waals surface area contributed by atoms with E-state index < -0.39 is 5.82 Å². The molecular formula is C19H17Cl2FN4S. The lowest BCUT2D eigenvalue weighted by Crippen LogP contribution is -2.20. The van der Waals surface area contributed by atoms with Gasteiger partial charge in [-0.05, 0) is 61.5 Å². The number of aromatic nitrogens is 2. The Morgan fingerprint density at radius 1 is 1.11 bits per heavy atom. The molecule has 0 atom stereocenters. The highest BCUT2D eigenvalue weighted by Crippen LogP contribution is 2.24. The van der Waals surface area contributed by atoms with E-state index in [1.807, 2.05) is 26.0 Å². The first-order valence-corrected chi connectivity index (χ1v) is 9.30.